The predicted octanol–water partition coefficient (Wildman–Crippen LogP) is 2.76. The van der Waals surface area contributed by atoms with Gasteiger partial charge in [-0.25, -0.2) is 18.0 Å². The fourth-order valence-electron chi connectivity index (χ4n) is 3.66. The van der Waals surface area contributed by atoms with Crippen LogP contribution in [0.3, 0.4) is 0 Å². The zero-order valence-electron chi connectivity index (χ0n) is 14.8. The number of anilines is 1. The van der Waals surface area contributed by atoms with E-state index in [0.717, 1.165) is 22.6 Å². The van der Waals surface area contributed by atoms with Gasteiger partial charge < -0.3 is 9.84 Å². The highest BCUT2D eigenvalue weighted by molar-refractivity contribution is 7.89. The highest BCUT2D eigenvalue weighted by Gasteiger charge is 2.38. The Hall–Kier alpha value is -2.43. The van der Waals surface area contributed by atoms with Crippen molar-refractivity contribution in [1.82, 2.24) is 4.31 Å². The van der Waals surface area contributed by atoms with E-state index in [9.17, 15) is 23.1 Å². The van der Waals surface area contributed by atoms with Crippen molar-refractivity contribution in [2.45, 2.75) is 30.4 Å². The molecule has 0 atom stereocenters. The van der Waals surface area contributed by atoms with Crippen LogP contribution in [0.4, 0.5) is 10.5 Å². The molecule has 0 saturated carbocycles. The molecule has 0 aliphatic carbocycles. The van der Waals surface area contributed by atoms with Gasteiger partial charge >= 0.3 is 12.1 Å². The quantitative estimate of drug-likeness (QED) is 0.812. The van der Waals surface area contributed by atoms with Gasteiger partial charge in [0.05, 0.1) is 5.69 Å². The summed E-state index contributed by atoms with van der Waals surface area (Å²) in [5.41, 5.74) is 1.72. The maximum Gasteiger partial charge on any atom is 0.414 e. The SMILES string of the molecule is O=C(O)c1sccc1S(=O)(=O)N1CCC(N2C(=O)OCc3ccccc32)CC1. The van der Waals surface area contributed by atoms with Crippen molar-refractivity contribution >= 4 is 39.1 Å². The molecule has 10 heteroatoms. The van der Waals surface area contributed by atoms with Crippen LogP contribution in [0, 0.1) is 0 Å². The number of carboxylic acids is 1. The summed E-state index contributed by atoms with van der Waals surface area (Å²) in [5.74, 6) is -1.25. The summed E-state index contributed by atoms with van der Waals surface area (Å²) in [6.45, 7) is 0.635. The average Bonchev–Trinajstić information content (AvgIpc) is 3.19. The number of hydrogen-bond donors (Lipinski definition) is 1. The normalized spacial score (nSPS) is 18.6. The third-order valence-electron chi connectivity index (χ3n) is 5.03. The zero-order chi connectivity index (χ0) is 19.9. The Labute approximate surface area is 166 Å². The molecule has 1 aromatic heterocycles. The Kier molecular flexibility index (Phi) is 4.86. The van der Waals surface area contributed by atoms with Crippen molar-refractivity contribution in [3.05, 3.63) is 46.2 Å². The van der Waals surface area contributed by atoms with Crippen molar-refractivity contribution in [1.29, 1.82) is 0 Å². The molecule has 1 saturated heterocycles. The summed E-state index contributed by atoms with van der Waals surface area (Å²) >= 11 is 0.890. The van der Waals surface area contributed by atoms with Gasteiger partial charge in [0.1, 0.15) is 16.4 Å². The summed E-state index contributed by atoms with van der Waals surface area (Å²) in [6, 6.07) is 8.65. The molecule has 0 radical (unpaired) electrons. The molecule has 0 unspecified atom stereocenters. The second kappa shape index (κ2) is 7.19. The van der Waals surface area contributed by atoms with Crippen LogP contribution < -0.4 is 4.90 Å². The number of carboxylic acid groups (broad SMARTS) is 1. The Morgan fingerprint density at radius 3 is 2.61 bits per heavy atom. The number of rotatable bonds is 4. The molecule has 3 heterocycles. The minimum atomic E-state index is -3.89. The number of hydrogen-bond acceptors (Lipinski definition) is 6. The molecule has 8 nitrogen and oxygen atoms in total. The maximum atomic E-state index is 12.9. The van der Waals surface area contributed by atoms with Crippen LogP contribution >= 0.6 is 11.3 Å². The minimum Gasteiger partial charge on any atom is -0.477 e. The van der Waals surface area contributed by atoms with Gasteiger partial charge in [0.15, 0.2) is 0 Å². The number of sulfonamides is 1. The van der Waals surface area contributed by atoms with Gasteiger partial charge in [-0.3, -0.25) is 4.90 Å². The zero-order valence-corrected chi connectivity index (χ0v) is 16.4. The van der Waals surface area contributed by atoms with Crippen molar-refractivity contribution in [2.24, 2.45) is 0 Å². The van der Waals surface area contributed by atoms with Crippen LogP contribution in [0.1, 0.15) is 28.1 Å². The van der Waals surface area contributed by atoms with E-state index in [-0.39, 0.29) is 35.5 Å². The second-order valence-electron chi connectivity index (χ2n) is 6.61. The molecule has 2 aliphatic heterocycles. The molecule has 1 fully saturated rings. The van der Waals surface area contributed by atoms with Crippen LogP contribution in [-0.2, 0) is 21.4 Å². The van der Waals surface area contributed by atoms with Gasteiger partial charge in [-0.15, -0.1) is 11.3 Å². The number of ether oxygens (including phenoxy) is 1. The first-order chi connectivity index (χ1) is 13.4. The van der Waals surface area contributed by atoms with Crippen LogP contribution in [-0.4, -0.2) is 49.0 Å². The highest BCUT2D eigenvalue weighted by atomic mass is 32.2. The lowest BCUT2D eigenvalue weighted by Crippen LogP contribution is -2.50. The average molecular weight is 422 g/mol. The molecule has 148 valence electrons. The van der Waals surface area contributed by atoms with Crippen LogP contribution in [0.15, 0.2) is 40.6 Å². The Morgan fingerprint density at radius 1 is 1.18 bits per heavy atom. The number of nitrogens with zero attached hydrogens (tertiary/aromatic N) is 2. The largest absolute Gasteiger partial charge is 0.477 e. The highest BCUT2D eigenvalue weighted by Crippen LogP contribution is 2.33. The van der Waals surface area contributed by atoms with Crippen molar-refractivity contribution in [3.63, 3.8) is 0 Å². The molecule has 1 amide bonds. The number of benzene rings is 1. The standard InChI is InChI=1S/C18H18N2O6S2/c21-17(22)16-15(7-10-27-16)28(24,25)19-8-5-13(6-9-19)20-14-4-2-1-3-12(14)11-26-18(20)23/h1-4,7,10,13H,5-6,8-9,11H2,(H,21,22). The molecule has 1 N–H and O–H groups in total. The lowest BCUT2D eigenvalue weighted by atomic mass is 10.0. The van der Waals surface area contributed by atoms with E-state index in [1.54, 1.807) is 4.90 Å². The smallest absolute Gasteiger partial charge is 0.414 e. The van der Waals surface area contributed by atoms with Gasteiger partial charge in [0.2, 0.25) is 10.0 Å². The number of thiophene rings is 1. The van der Waals surface area contributed by atoms with Crippen molar-refractivity contribution < 1.29 is 27.9 Å². The Bertz CT molecular complexity index is 1020. The molecule has 4 rings (SSSR count). The molecule has 28 heavy (non-hydrogen) atoms. The monoisotopic (exact) mass is 422 g/mol. The topological polar surface area (TPSA) is 104 Å². The van der Waals surface area contributed by atoms with E-state index in [0.29, 0.717) is 12.8 Å². The summed E-state index contributed by atoms with van der Waals surface area (Å²) < 4.78 is 32.3. The number of cyclic esters (lactones) is 1. The number of piperidine rings is 1. The van der Waals surface area contributed by atoms with Gasteiger partial charge in [-0.05, 0) is 30.4 Å². The summed E-state index contributed by atoms with van der Waals surface area (Å²) in [7, 11) is -3.89. The second-order valence-corrected chi connectivity index (χ2v) is 9.43. The summed E-state index contributed by atoms with van der Waals surface area (Å²) in [6.07, 6.45) is 0.454. The molecular weight excluding hydrogens is 404 g/mol. The third kappa shape index (κ3) is 3.17. The van der Waals surface area contributed by atoms with E-state index in [1.807, 2.05) is 24.3 Å². The minimum absolute atomic E-state index is 0.175. The van der Waals surface area contributed by atoms with E-state index in [2.05, 4.69) is 0 Å². The van der Waals surface area contributed by atoms with Crippen LogP contribution in [0.5, 0.6) is 0 Å². The van der Waals surface area contributed by atoms with Gasteiger partial charge in [-0.2, -0.15) is 4.31 Å². The number of fused-ring (bicyclic) bond motifs is 1. The number of amides is 1. The van der Waals surface area contributed by atoms with Crippen LogP contribution in [0.2, 0.25) is 0 Å². The van der Waals surface area contributed by atoms with Crippen molar-refractivity contribution in [3.8, 4) is 0 Å². The predicted molar refractivity (Wildman–Crippen MR) is 102 cm³/mol. The third-order valence-corrected chi connectivity index (χ3v) is 8.00. The number of para-hydroxylation sites is 1. The Morgan fingerprint density at radius 2 is 1.89 bits per heavy atom. The van der Waals surface area contributed by atoms with E-state index < -0.39 is 22.1 Å². The van der Waals surface area contributed by atoms with E-state index in [4.69, 9.17) is 4.74 Å². The molecule has 0 bridgehead atoms. The molecule has 1 aromatic carbocycles. The van der Waals surface area contributed by atoms with Crippen LogP contribution in [0.25, 0.3) is 0 Å². The molecular formula is C18H18N2O6S2. The molecule has 2 aromatic rings. The van der Waals surface area contributed by atoms with Gasteiger partial charge in [0.25, 0.3) is 0 Å². The fraction of sp³-hybridized carbons (Fsp3) is 0.333. The lowest BCUT2D eigenvalue weighted by Gasteiger charge is -2.39. The lowest BCUT2D eigenvalue weighted by molar-refractivity contribution is 0.0698. The first kappa shape index (κ1) is 18.9. The Balaban J connectivity index is 1.53. The van der Waals surface area contributed by atoms with Gasteiger partial charge in [-0.1, -0.05) is 18.2 Å². The first-order valence-electron chi connectivity index (χ1n) is 8.74. The summed E-state index contributed by atoms with van der Waals surface area (Å²) in [5, 5.41) is 10.7. The first-order valence-corrected chi connectivity index (χ1v) is 11.1. The van der Waals surface area contributed by atoms with E-state index >= 15 is 0 Å². The maximum absolute atomic E-state index is 12.9. The fourth-order valence-corrected chi connectivity index (χ4v) is 6.36. The molecule has 0 spiro atoms. The number of carbonyl (C=O) groups excluding carboxylic acids is 1. The number of aromatic carboxylic acids is 1. The summed E-state index contributed by atoms with van der Waals surface area (Å²) in [4.78, 5) is 24.9. The molecule has 2 aliphatic rings. The van der Waals surface area contributed by atoms with Gasteiger partial charge in [0, 0.05) is 24.7 Å². The van der Waals surface area contributed by atoms with Crippen molar-refractivity contribution in [2.75, 3.05) is 18.0 Å². The van der Waals surface area contributed by atoms with E-state index in [1.165, 1.54) is 15.8 Å². The number of carbonyl (C=O) groups is 2.